The van der Waals surface area contributed by atoms with Gasteiger partial charge in [0.2, 0.25) is 5.91 Å². The number of amides is 2. The number of nitrogens with zero attached hydrogens (tertiary/aromatic N) is 1. The Balaban J connectivity index is 1.86. The lowest BCUT2D eigenvalue weighted by atomic mass is 9.70. The number of nitrogens with one attached hydrogen (secondary N) is 3. The summed E-state index contributed by atoms with van der Waals surface area (Å²) in [6, 6.07) is 7.62. The fraction of sp³-hybridized carbons (Fsp3) is 0.545. The lowest BCUT2D eigenvalue weighted by Crippen LogP contribution is -2.49. The van der Waals surface area contributed by atoms with Gasteiger partial charge in [-0.3, -0.25) is 9.59 Å². The van der Waals surface area contributed by atoms with Gasteiger partial charge in [-0.05, 0) is 39.4 Å². The molecule has 3 rings (SSSR count). The number of anilines is 1. The third-order valence-corrected chi connectivity index (χ3v) is 5.96. The highest BCUT2D eigenvalue weighted by Crippen LogP contribution is 2.46. The molecule has 2 aliphatic heterocycles. The van der Waals surface area contributed by atoms with Gasteiger partial charge in [0.1, 0.15) is 0 Å². The SMILES string of the molecule is CN(C)CCNC(=O)C1C(C)(C)NC(/C=C2\C(=O)Nc3ccccc32)C1(C)C. The maximum Gasteiger partial charge on any atom is 0.256 e. The summed E-state index contributed by atoms with van der Waals surface area (Å²) in [4.78, 5) is 27.6. The van der Waals surface area contributed by atoms with Crippen LogP contribution in [0.2, 0.25) is 0 Å². The molecular formula is C22H32N4O2. The summed E-state index contributed by atoms with van der Waals surface area (Å²) in [5, 5.41) is 9.61. The number of rotatable bonds is 5. The Morgan fingerprint density at radius 1 is 1.21 bits per heavy atom. The standard InChI is InChI=1S/C22H32N4O2/c1-21(2)17(13-15-14-9-7-8-10-16(14)24-19(15)27)25-22(3,4)18(21)20(28)23-11-12-26(5)6/h7-10,13,17-18,25H,11-12H2,1-6H3,(H,23,28)(H,24,27)/b15-13-. The van der Waals surface area contributed by atoms with Crippen LogP contribution in [0.3, 0.4) is 0 Å². The third kappa shape index (κ3) is 3.71. The first-order valence-corrected chi connectivity index (χ1v) is 9.87. The Bertz CT molecular complexity index is 811. The van der Waals surface area contributed by atoms with Gasteiger partial charge in [-0.15, -0.1) is 0 Å². The average Bonchev–Trinajstić information content (AvgIpc) is 2.97. The number of fused-ring (bicyclic) bond motifs is 1. The van der Waals surface area contributed by atoms with Crippen LogP contribution in [0.4, 0.5) is 5.69 Å². The molecule has 0 bridgehead atoms. The molecule has 6 nitrogen and oxygen atoms in total. The summed E-state index contributed by atoms with van der Waals surface area (Å²) in [5.74, 6) is -0.249. The molecular weight excluding hydrogens is 352 g/mol. The lowest BCUT2D eigenvalue weighted by Gasteiger charge is -2.34. The summed E-state index contributed by atoms with van der Waals surface area (Å²) in [7, 11) is 3.98. The topological polar surface area (TPSA) is 73.5 Å². The summed E-state index contributed by atoms with van der Waals surface area (Å²) in [5.41, 5.74) is 1.69. The van der Waals surface area contributed by atoms with Crippen molar-refractivity contribution in [2.24, 2.45) is 11.3 Å². The number of carbonyl (C=O) groups is 2. The summed E-state index contributed by atoms with van der Waals surface area (Å²) in [6.45, 7) is 9.75. The molecule has 6 heteroatoms. The van der Waals surface area contributed by atoms with Crippen LogP contribution >= 0.6 is 0 Å². The predicted octanol–water partition coefficient (Wildman–Crippen LogP) is 2.09. The van der Waals surface area contributed by atoms with Crippen molar-refractivity contribution in [2.75, 3.05) is 32.5 Å². The van der Waals surface area contributed by atoms with E-state index >= 15 is 0 Å². The van der Waals surface area contributed by atoms with Crippen molar-refractivity contribution in [3.05, 3.63) is 35.9 Å². The van der Waals surface area contributed by atoms with Crippen molar-refractivity contribution in [3.8, 4) is 0 Å². The first kappa shape index (κ1) is 20.6. The number of carbonyl (C=O) groups excluding carboxylic acids is 2. The lowest BCUT2D eigenvalue weighted by molar-refractivity contribution is -0.129. The number of benzene rings is 1. The molecule has 1 aromatic rings. The van der Waals surface area contributed by atoms with Crippen molar-refractivity contribution >= 4 is 23.1 Å². The molecule has 2 aliphatic rings. The van der Waals surface area contributed by atoms with Gasteiger partial charge in [-0.1, -0.05) is 38.1 Å². The largest absolute Gasteiger partial charge is 0.354 e. The van der Waals surface area contributed by atoms with E-state index in [4.69, 9.17) is 0 Å². The highest BCUT2D eigenvalue weighted by Gasteiger charge is 2.55. The number of likely N-dealkylation sites (N-methyl/N-ethyl adjacent to an activating group) is 1. The van der Waals surface area contributed by atoms with Gasteiger partial charge in [-0.25, -0.2) is 0 Å². The second kappa shape index (κ2) is 7.33. The Morgan fingerprint density at radius 2 is 1.89 bits per heavy atom. The van der Waals surface area contributed by atoms with E-state index in [0.717, 1.165) is 17.8 Å². The average molecular weight is 385 g/mol. The van der Waals surface area contributed by atoms with Gasteiger partial charge in [0.05, 0.1) is 5.92 Å². The van der Waals surface area contributed by atoms with Gasteiger partial charge in [0, 0.05) is 41.5 Å². The molecule has 2 atom stereocenters. The van der Waals surface area contributed by atoms with Crippen molar-refractivity contribution < 1.29 is 9.59 Å². The van der Waals surface area contributed by atoms with Gasteiger partial charge in [0.15, 0.2) is 0 Å². The maximum atomic E-state index is 13.0. The van der Waals surface area contributed by atoms with E-state index in [-0.39, 0.29) is 34.7 Å². The zero-order valence-corrected chi connectivity index (χ0v) is 17.7. The van der Waals surface area contributed by atoms with Crippen LogP contribution in [-0.2, 0) is 9.59 Å². The van der Waals surface area contributed by atoms with Gasteiger partial charge >= 0.3 is 0 Å². The van der Waals surface area contributed by atoms with E-state index in [2.05, 4.69) is 43.6 Å². The molecule has 0 saturated carbocycles. The first-order chi connectivity index (χ1) is 13.0. The fourth-order valence-electron chi connectivity index (χ4n) is 4.68. The second-order valence-electron chi connectivity index (χ2n) is 9.27. The molecule has 3 N–H and O–H groups in total. The minimum atomic E-state index is -0.387. The third-order valence-electron chi connectivity index (χ3n) is 5.96. The van der Waals surface area contributed by atoms with E-state index < -0.39 is 0 Å². The summed E-state index contributed by atoms with van der Waals surface area (Å²) >= 11 is 0. The van der Waals surface area contributed by atoms with Crippen LogP contribution in [0.1, 0.15) is 33.3 Å². The summed E-state index contributed by atoms with van der Waals surface area (Å²) < 4.78 is 0. The smallest absolute Gasteiger partial charge is 0.256 e. The van der Waals surface area contributed by atoms with E-state index in [0.29, 0.717) is 12.1 Å². The van der Waals surface area contributed by atoms with E-state index in [9.17, 15) is 9.59 Å². The summed E-state index contributed by atoms with van der Waals surface area (Å²) in [6.07, 6.45) is 2.00. The Labute approximate surface area is 167 Å². The normalized spacial score (nSPS) is 26.4. The molecule has 152 valence electrons. The predicted molar refractivity (Wildman–Crippen MR) is 113 cm³/mol. The molecule has 0 radical (unpaired) electrons. The Hall–Kier alpha value is -2.18. The minimum absolute atomic E-state index is 0.0570. The molecule has 1 aromatic carbocycles. The number of hydrogen-bond donors (Lipinski definition) is 3. The molecule has 1 saturated heterocycles. The van der Waals surface area contributed by atoms with E-state index in [1.165, 1.54) is 0 Å². The Kier molecular flexibility index (Phi) is 5.38. The van der Waals surface area contributed by atoms with Crippen molar-refractivity contribution in [1.82, 2.24) is 15.5 Å². The second-order valence-corrected chi connectivity index (χ2v) is 9.27. The van der Waals surface area contributed by atoms with Crippen LogP contribution in [0.5, 0.6) is 0 Å². The van der Waals surface area contributed by atoms with Crippen LogP contribution in [0.15, 0.2) is 30.3 Å². The van der Waals surface area contributed by atoms with Gasteiger partial charge in [0.25, 0.3) is 5.91 Å². The highest BCUT2D eigenvalue weighted by atomic mass is 16.2. The van der Waals surface area contributed by atoms with Crippen LogP contribution < -0.4 is 16.0 Å². The van der Waals surface area contributed by atoms with Crippen molar-refractivity contribution in [2.45, 2.75) is 39.3 Å². The van der Waals surface area contributed by atoms with Crippen molar-refractivity contribution in [3.63, 3.8) is 0 Å². The van der Waals surface area contributed by atoms with Crippen molar-refractivity contribution in [1.29, 1.82) is 0 Å². The molecule has 2 unspecified atom stereocenters. The molecule has 2 heterocycles. The Morgan fingerprint density at radius 3 is 2.57 bits per heavy atom. The van der Waals surface area contributed by atoms with E-state index in [1.807, 2.05) is 49.3 Å². The molecule has 28 heavy (non-hydrogen) atoms. The monoisotopic (exact) mass is 384 g/mol. The molecule has 0 aromatic heterocycles. The van der Waals surface area contributed by atoms with Crippen LogP contribution in [-0.4, -0.2) is 55.5 Å². The molecule has 0 spiro atoms. The molecule has 2 amide bonds. The van der Waals surface area contributed by atoms with E-state index in [1.54, 1.807) is 0 Å². The zero-order chi connectivity index (χ0) is 20.7. The molecule has 0 aliphatic carbocycles. The maximum absolute atomic E-state index is 13.0. The molecule has 1 fully saturated rings. The number of hydrogen-bond acceptors (Lipinski definition) is 4. The first-order valence-electron chi connectivity index (χ1n) is 9.87. The van der Waals surface area contributed by atoms with Crippen LogP contribution in [0, 0.1) is 11.3 Å². The fourth-order valence-corrected chi connectivity index (χ4v) is 4.68. The quantitative estimate of drug-likeness (QED) is 0.680. The zero-order valence-electron chi connectivity index (χ0n) is 17.7. The van der Waals surface area contributed by atoms with Gasteiger partial charge in [-0.2, -0.15) is 0 Å². The van der Waals surface area contributed by atoms with Crippen LogP contribution in [0.25, 0.3) is 5.57 Å². The minimum Gasteiger partial charge on any atom is -0.354 e. The van der Waals surface area contributed by atoms with Gasteiger partial charge < -0.3 is 20.9 Å². The highest BCUT2D eigenvalue weighted by molar-refractivity contribution is 6.31. The number of para-hydroxylation sites is 1.